The van der Waals surface area contributed by atoms with Gasteiger partial charge in [0, 0.05) is 18.5 Å². The number of halogens is 1. The zero-order valence-corrected chi connectivity index (χ0v) is 19.6. The summed E-state index contributed by atoms with van der Waals surface area (Å²) >= 11 is 1.50. The van der Waals surface area contributed by atoms with Crippen molar-refractivity contribution in [3.05, 3.63) is 86.6 Å². The fourth-order valence-corrected chi connectivity index (χ4v) is 4.99. The molecule has 0 fully saturated rings. The summed E-state index contributed by atoms with van der Waals surface area (Å²) in [6.45, 7) is 6.20. The molecule has 0 N–H and O–H groups in total. The molecule has 0 aliphatic rings. The summed E-state index contributed by atoms with van der Waals surface area (Å²) in [5.41, 5.74) is 3.80. The molecule has 0 saturated heterocycles. The lowest BCUT2D eigenvalue weighted by Crippen LogP contribution is -2.22. The van der Waals surface area contributed by atoms with Crippen LogP contribution in [0.5, 0.6) is 0 Å². The van der Waals surface area contributed by atoms with Crippen LogP contribution in [0.1, 0.15) is 38.4 Å². The number of benzene rings is 2. The van der Waals surface area contributed by atoms with E-state index < -0.39 is 0 Å². The lowest BCUT2D eigenvalue weighted by Gasteiger charge is -2.18. The first kappa shape index (κ1) is 22.0. The van der Waals surface area contributed by atoms with Crippen molar-refractivity contribution in [2.75, 3.05) is 0 Å². The van der Waals surface area contributed by atoms with Gasteiger partial charge in [-0.1, -0.05) is 32.0 Å². The van der Waals surface area contributed by atoms with E-state index in [2.05, 4.69) is 18.4 Å². The maximum atomic E-state index is 13.5. The molecule has 0 bridgehead atoms. The van der Waals surface area contributed by atoms with E-state index >= 15 is 0 Å². The Morgan fingerprint density at radius 1 is 1.03 bits per heavy atom. The molecule has 5 nitrogen and oxygen atoms in total. The minimum Gasteiger partial charge on any atom is -0.313 e. The number of aromatic nitrogens is 3. The normalized spacial score (nSPS) is 12.1. The van der Waals surface area contributed by atoms with Crippen LogP contribution in [0, 0.1) is 12.7 Å². The molecule has 0 radical (unpaired) electrons. The highest BCUT2D eigenvalue weighted by Crippen LogP contribution is 2.27. The number of hydrogen-bond acceptors (Lipinski definition) is 3. The molecule has 166 valence electrons. The number of rotatable bonds is 6. The van der Waals surface area contributed by atoms with Crippen LogP contribution in [-0.2, 0) is 7.05 Å². The van der Waals surface area contributed by atoms with Gasteiger partial charge >= 0.3 is 0 Å². The van der Waals surface area contributed by atoms with Gasteiger partial charge in [0.15, 0.2) is 10.5 Å². The average Bonchev–Trinajstić information content (AvgIpc) is 3.31. The van der Waals surface area contributed by atoms with Gasteiger partial charge in [-0.2, -0.15) is 0 Å². The van der Waals surface area contributed by atoms with Crippen LogP contribution >= 0.6 is 11.3 Å². The van der Waals surface area contributed by atoms with E-state index in [1.165, 1.54) is 23.5 Å². The Morgan fingerprint density at radius 3 is 2.31 bits per heavy atom. The zero-order chi connectivity index (χ0) is 22.8. The lowest BCUT2D eigenvalue weighted by atomic mass is 10.1. The van der Waals surface area contributed by atoms with Crippen LogP contribution in [-0.4, -0.2) is 13.9 Å². The summed E-state index contributed by atoms with van der Waals surface area (Å²) in [5.74, 6) is -0.260. The minimum atomic E-state index is -0.260. The largest absolute Gasteiger partial charge is 0.313 e. The van der Waals surface area contributed by atoms with Crippen LogP contribution in [0.25, 0.3) is 16.9 Å². The predicted molar refractivity (Wildman–Crippen MR) is 128 cm³/mol. The second kappa shape index (κ2) is 9.12. The minimum absolute atomic E-state index is 0.149. The van der Waals surface area contributed by atoms with Gasteiger partial charge in [0.05, 0.1) is 17.1 Å². The number of para-hydroxylation sites is 1. The molecular weight excluding hydrogens is 423 g/mol. The van der Waals surface area contributed by atoms with E-state index in [4.69, 9.17) is 4.99 Å². The van der Waals surface area contributed by atoms with Crippen LogP contribution in [0.3, 0.4) is 0 Å². The van der Waals surface area contributed by atoms with Crippen molar-refractivity contribution in [3.8, 4) is 16.9 Å². The van der Waals surface area contributed by atoms with Gasteiger partial charge in [0.25, 0.3) is 5.56 Å². The fraction of sp³-hybridized carbons (Fsp3) is 0.280. The van der Waals surface area contributed by atoms with Gasteiger partial charge in [0.1, 0.15) is 5.82 Å². The summed E-state index contributed by atoms with van der Waals surface area (Å²) in [6, 6.07) is 16.3. The first-order chi connectivity index (χ1) is 15.5. The van der Waals surface area contributed by atoms with Gasteiger partial charge in [-0.3, -0.25) is 9.48 Å². The van der Waals surface area contributed by atoms with Crippen LogP contribution < -0.4 is 10.4 Å². The monoisotopic (exact) mass is 450 g/mol. The summed E-state index contributed by atoms with van der Waals surface area (Å²) < 4.78 is 19.2. The van der Waals surface area contributed by atoms with Crippen LogP contribution in [0.2, 0.25) is 0 Å². The van der Waals surface area contributed by atoms with Gasteiger partial charge in [-0.25, -0.2) is 14.1 Å². The molecule has 0 spiro atoms. The van der Waals surface area contributed by atoms with Crippen LogP contribution in [0.4, 0.5) is 10.1 Å². The smallest absolute Gasteiger partial charge is 0.297 e. The molecule has 32 heavy (non-hydrogen) atoms. The Bertz CT molecular complexity index is 1340. The molecule has 4 rings (SSSR count). The topological polar surface area (TPSA) is 44.2 Å². The summed E-state index contributed by atoms with van der Waals surface area (Å²) in [6.07, 6.45) is 1.85. The third kappa shape index (κ3) is 3.88. The molecule has 0 atom stereocenters. The van der Waals surface area contributed by atoms with E-state index in [0.717, 1.165) is 40.3 Å². The third-order valence-corrected chi connectivity index (χ3v) is 6.76. The molecule has 0 amide bonds. The van der Waals surface area contributed by atoms with E-state index in [9.17, 15) is 9.18 Å². The molecular formula is C25H27FN4OS. The van der Waals surface area contributed by atoms with Crippen molar-refractivity contribution in [3.63, 3.8) is 0 Å². The Hall–Kier alpha value is -3.19. The SMILES string of the molecule is CCC(CC)n1c(-c2ccc(F)cc2)csc1=Nc1c(C)n(C)n(-c2ccccc2)c1=O. The number of thiazole rings is 1. The molecule has 0 unspecified atom stereocenters. The highest BCUT2D eigenvalue weighted by Gasteiger charge is 2.19. The number of nitrogens with zero attached hydrogens (tertiary/aromatic N) is 4. The molecule has 4 aromatic rings. The van der Waals surface area contributed by atoms with Crippen molar-refractivity contribution in [2.45, 2.75) is 39.7 Å². The summed E-state index contributed by atoms with van der Waals surface area (Å²) in [5, 5.41) is 2.04. The summed E-state index contributed by atoms with van der Waals surface area (Å²) in [4.78, 5) is 19.0. The van der Waals surface area contributed by atoms with Gasteiger partial charge in [-0.15, -0.1) is 11.3 Å². The Kier molecular flexibility index (Phi) is 6.28. The van der Waals surface area contributed by atoms with Gasteiger partial charge < -0.3 is 4.57 Å². The van der Waals surface area contributed by atoms with Gasteiger partial charge in [0.2, 0.25) is 0 Å². The zero-order valence-electron chi connectivity index (χ0n) is 18.7. The highest BCUT2D eigenvalue weighted by molar-refractivity contribution is 7.07. The van der Waals surface area contributed by atoms with Gasteiger partial charge in [-0.05, 0) is 61.7 Å². The van der Waals surface area contributed by atoms with Crippen molar-refractivity contribution < 1.29 is 4.39 Å². The highest BCUT2D eigenvalue weighted by atomic mass is 32.1. The quantitative estimate of drug-likeness (QED) is 0.369. The Balaban J connectivity index is 1.94. The summed E-state index contributed by atoms with van der Waals surface area (Å²) in [7, 11) is 1.87. The molecule has 0 saturated carbocycles. The maximum absolute atomic E-state index is 13.5. The van der Waals surface area contributed by atoms with Crippen molar-refractivity contribution >= 4 is 17.0 Å². The average molecular weight is 451 g/mol. The molecule has 2 aromatic heterocycles. The van der Waals surface area contributed by atoms with E-state index in [0.29, 0.717) is 5.69 Å². The number of hydrogen-bond donors (Lipinski definition) is 0. The molecule has 0 aliphatic carbocycles. The van der Waals surface area contributed by atoms with Crippen molar-refractivity contribution in [1.82, 2.24) is 13.9 Å². The molecule has 0 aliphatic heterocycles. The standard InChI is InChI=1S/C25H27FN4OS/c1-5-20(6-2)29-22(18-12-14-19(26)15-13-18)16-32-25(29)27-23-17(3)28(4)30(24(23)31)21-10-8-7-9-11-21/h7-16,20H,5-6H2,1-4H3. The second-order valence-corrected chi connectivity index (χ2v) is 8.61. The van der Waals surface area contributed by atoms with Crippen LogP contribution in [0.15, 0.2) is 69.8 Å². The van der Waals surface area contributed by atoms with Crippen molar-refractivity contribution in [1.29, 1.82) is 0 Å². The fourth-order valence-electron chi connectivity index (χ4n) is 4.02. The van der Waals surface area contributed by atoms with Crippen molar-refractivity contribution in [2.24, 2.45) is 12.0 Å². The van der Waals surface area contributed by atoms with E-state index in [-0.39, 0.29) is 17.4 Å². The Morgan fingerprint density at radius 2 is 1.69 bits per heavy atom. The Labute approximate surface area is 190 Å². The third-order valence-electron chi connectivity index (χ3n) is 5.92. The lowest BCUT2D eigenvalue weighted by molar-refractivity contribution is 0.466. The van der Waals surface area contributed by atoms with E-state index in [1.807, 2.05) is 54.4 Å². The first-order valence-electron chi connectivity index (χ1n) is 10.8. The van der Waals surface area contributed by atoms with E-state index in [1.54, 1.807) is 16.8 Å². The first-order valence-corrected chi connectivity index (χ1v) is 11.7. The maximum Gasteiger partial charge on any atom is 0.297 e. The molecule has 7 heteroatoms. The second-order valence-electron chi connectivity index (χ2n) is 7.77. The molecule has 2 aromatic carbocycles. The molecule has 2 heterocycles. The predicted octanol–water partition coefficient (Wildman–Crippen LogP) is 5.75.